The Bertz CT molecular complexity index is 617. The standard InChI is InChI=1S/C15H16BrNO/c1-9(17)15(6-7-15)14-12-4-3-11(16)8-10(12)2-5-13(14)18/h2-5,8-9,18H,6-7,17H2,1H3. The van der Waals surface area contributed by atoms with Gasteiger partial charge < -0.3 is 10.8 Å². The highest BCUT2D eigenvalue weighted by atomic mass is 79.9. The molecule has 0 bridgehead atoms. The normalized spacial score (nSPS) is 18.8. The van der Waals surface area contributed by atoms with Crippen LogP contribution in [0.5, 0.6) is 5.75 Å². The van der Waals surface area contributed by atoms with Crippen molar-refractivity contribution in [2.75, 3.05) is 0 Å². The van der Waals surface area contributed by atoms with Gasteiger partial charge in [-0.05, 0) is 48.7 Å². The lowest BCUT2D eigenvalue weighted by Crippen LogP contribution is -2.31. The lowest BCUT2D eigenvalue weighted by Gasteiger charge is -2.23. The van der Waals surface area contributed by atoms with Crippen LogP contribution in [0.1, 0.15) is 25.3 Å². The molecule has 3 N–H and O–H groups in total. The van der Waals surface area contributed by atoms with Crippen molar-refractivity contribution in [3.05, 3.63) is 40.4 Å². The first-order valence-corrected chi connectivity index (χ1v) is 7.01. The Morgan fingerprint density at radius 3 is 2.61 bits per heavy atom. The molecule has 3 heteroatoms. The number of aromatic hydroxyl groups is 1. The topological polar surface area (TPSA) is 46.2 Å². The van der Waals surface area contributed by atoms with Gasteiger partial charge in [0.2, 0.25) is 0 Å². The van der Waals surface area contributed by atoms with Crippen molar-refractivity contribution >= 4 is 26.7 Å². The molecule has 1 saturated carbocycles. The maximum Gasteiger partial charge on any atom is 0.120 e. The van der Waals surface area contributed by atoms with Gasteiger partial charge in [-0.1, -0.05) is 28.1 Å². The molecule has 3 rings (SSSR count). The second-order valence-corrected chi connectivity index (χ2v) is 6.19. The number of phenolic OH excluding ortho intramolecular Hbond substituents is 1. The smallest absolute Gasteiger partial charge is 0.120 e. The van der Waals surface area contributed by atoms with Gasteiger partial charge >= 0.3 is 0 Å². The SMILES string of the molecule is CC(N)C1(c2c(O)ccc3cc(Br)ccc23)CC1. The van der Waals surface area contributed by atoms with Gasteiger partial charge in [0.25, 0.3) is 0 Å². The molecule has 0 heterocycles. The third-order valence-corrected chi connectivity index (χ3v) is 4.61. The van der Waals surface area contributed by atoms with E-state index in [1.165, 1.54) is 0 Å². The van der Waals surface area contributed by atoms with Crippen LogP contribution in [0, 0.1) is 0 Å². The molecule has 2 nitrogen and oxygen atoms in total. The second kappa shape index (κ2) is 3.97. The Labute approximate surface area is 115 Å². The molecule has 2 aromatic rings. The van der Waals surface area contributed by atoms with E-state index < -0.39 is 0 Å². The molecule has 94 valence electrons. The highest BCUT2D eigenvalue weighted by Crippen LogP contribution is 2.55. The highest BCUT2D eigenvalue weighted by Gasteiger charge is 2.49. The van der Waals surface area contributed by atoms with E-state index >= 15 is 0 Å². The highest BCUT2D eigenvalue weighted by molar-refractivity contribution is 9.10. The van der Waals surface area contributed by atoms with E-state index in [0.717, 1.165) is 33.7 Å². The quantitative estimate of drug-likeness (QED) is 0.889. The predicted molar refractivity (Wildman–Crippen MR) is 77.9 cm³/mol. The number of rotatable bonds is 2. The van der Waals surface area contributed by atoms with Crippen molar-refractivity contribution in [1.29, 1.82) is 0 Å². The van der Waals surface area contributed by atoms with Crippen LogP contribution in [0.3, 0.4) is 0 Å². The minimum Gasteiger partial charge on any atom is -0.508 e. The van der Waals surface area contributed by atoms with Crippen molar-refractivity contribution in [2.45, 2.75) is 31.2 Å². The van der Waals surface area contributed by atoms with E-state index in [1.807, 2.05) is 19.1 Å². The second-order valence-electron chi connectivity index (χ2n) is 5.27. The van der Waals surface area contributed by atoms with Crippen LogP contribution in [-0.2, 0) is 5.41 Å². The van der Waals surface area contributed by atoms with Gasteiger partial charge in [-0.2, -0.15) is 0 Å². The Hall–Kier alpha value is -1.06. The van der Waals surface area contributed by atoms with Crippen LogP contribution in [0.15, 0.2) is 34.8 Å². The fourth-order valence-electron chi connectivity index (χ4n) is 2.88. The van der Waals surface area contributed by atoms with E-state index in [9.17, 15) is 5.11 Å². The van der Waals surface area contributed by atoms with Crippen molar-refractivity contribution in [3.63, 3.8) is 0 Å². The van der Waals surface area contributed by atoms with Crippen LogP contribution in [0.4, 0.5) is 0 Å². The Morgan fingerprint density at radius 1 is 1.28 bits per heavy atom. The molecule has 18 heavy (non-hydrogen) atoms. The van der Waals surface area contributed by atoms with Gasteiger partial charge in [-0.15, -0.1) is 0 Å². The summed E-state index contributed by atoms with van der Waals surface area (Å²) in [4.78, 5) is 0. The van der Waals surface area contributed by atoms with Crippen LogP contribution in [0.2, 0.25) is 0 Å². The first kappa shape index (κ1) is 12.0. The average Bonchev–Trinajstić information content (AvgIpc) is 3.10. The molecule has 2 aromatic carbocycles. The third kappa shape index (κ3) is 1.65. The summed E-state index contributed by atoms with van der Waals surface area (Å²) in [5.41, 5.74) is 7.13. The van der Waals surface area contributed by atoms with E-state index in [0.29, 0.717) is 5.75 Å². The van der Waals surface area contributed by atoms with E-state index in [1.54, 1.807) is 6.07 Å². The minimum absolute atomic E-state index is 0.0303. The number of halogens is 1. The van der Waals surface area contributed by atoms with Crippen molar-refractivity contribution in [1.82, 2.24) is 0 Å². The Balaban J connectivity index is 2.31. The molecule has 1 atom stereocenters. The monoisotopic (exact) mass is 305 g/mol. The fraction of sp³-hybridized carbons (Fsp3) is 0.333. The van der Waals surface area contributed by atoms with E-state index in [2.05, 4.69) is 28.1 Å². The van der Waals surface area contributed by atoms with E-state index in [-0.39, 0.29) is 11.5 Å². The molecule has 0 aliphatic heterocycles. The summed E-state index contributed by atoms with van der Waals surface area (Å²) in [6, 6.07) is 9.97. The number of hydrogen-bond acceptors (Lipinski definition) is 2. The number of nitrogens with two attached hydrogens (primary N) is 1. The summed E-state index contributed by atoms with van der Waals surface area (Å²) >= 11 is 3.48. The first-order chi connectivity index (χ1) is 8.54. The first-order valence-electron chi connectivity index (χ1n) is 6.22. The number of fused-ring (bicyclic) bond motifs is 1. The molecular weight excluding hydrogens is 290 g/mol. The van der Waals surface area contributed by atoms with Gasteiger partial charge in [0.1, 0.15) is 5.75 Å². The molecular formula is C15H16BrNO. The molecule has 1 unspecified atom stereocenters. The number of phenols is 1. The van der Waals surface area contributed by atoms with Crippen molar-refractivity contribution in [2.24, 2.45) is 5.73 Å². The molecule has 0 aromatic heterocycles. The molecule has 0 spiro atoms. The van der Waals surface area contributed by atoms with Gasteiger partial charge in [-0.3, -0.25) is 0 Å². The van der Waals surface area contributed by atoms with Crippen molar-refractivity contribution in [3.8, 4) is 5.75 Å². The maximum atomic E-state index is 10.2. The predicted octanol–water partition coefficient (Wildman–Crippen LogP) is 3.69. The molecule has 1 aliphatic carbocycles. The minimum atomic E-state index is -0.0303. The van der Waals surface area contributed by atoms with Crippen molar-refractivity contribution < 1.29 is 5.11 Å². The largest absolute Gasteiger partial charge is 0.508 e. The fourth-order valence-corrected chi connectivity index (χ4v) is 3.26. The zero-order chi connectivity index (χ0) is 12.9. The lowest BCUT2D eigenvalue weighted by molar-refractivity contribution is 0.449. The van der Waals surface area contributed by atoms with Crippen LogP contribution < -0.4 is 5.73 Å². The Kier molecular flexibility index (Phi) is 2.65. The van der Waals surface area contributed by atoms with Gasteiger partial charge in [0, 0.05) is 21.5 Å². The third-order valence-electron chi connectivity index (χ3n) is 4.12. The summed E-state index contributed by atoms with van der Waals surface area (Å²) in [6.07, 6.45) is 2.13. The number of hydrogen-bond donors (Lipinski definition) is 2. The van der Waals surface area contributed by atoms with Gasteiger partial charge in [-0.25, -0.2) is 0 Å². The van der Waals surface area contributed by atoms with Gasteiger partial charge in [0.15, 0.2) is 0 Å². The maximum absolute atomic E-state index is 10.2. The summed E-state index contributed by atoms with van der Waals surface area (Å²) in [5, 5.41) is 12.5. The van der Waals surface area contributed by atoms with Crippen LogP contribution >= 0.6 is 15.9 Å². The Morgan fingerprint density at radius 2 is 2.00 bits per heavy atom. The molecule has 1 fully saturated rings. The summed E-state index contributed by atoms with van der Waals surface area (Å²) < 4.78 is 1.05. The average molecular weight is 306 g/mol. The number of benzene rings is 2. The summed E-state index contributed by atoms with van der Waals surface area (Å²) in [5.74, 6) is 0.375. The lowest BCUT2D eigenvalue weighted by atomic mass is 9.85. The zero-order valence-electron chi connectivity index (χ0n) is 10.3. The van der Waals surface area contributed by atoms with E-state index in [4.69, 9.17) is 5.73 Å². The molecule has 1 aliphatic rings. The van der Waals surface area contributed by atoms with Crippen LogP contribution in [0.25, 0.3) is 10.8 Å². The van der Waals surface area contributed by atoms with Gasteiger partial charge in [0.05, 0.1) is 0 Å². The summed E-state index contributed by atoms with van der Waals surface area (Å²) in [7, 11) is 0. The molecule has 0 saturated heterocycles. The van der Waals surface area contributed by atoms with Crippen LogP contribution in [-0.4, -0.2) is 11.1 Å². The summed E-state index contributed by atoms with van der Waals surface area (Å²) in [6.45, 7) is 2.03. The molecule has 0 amide bonds. The molecule has 0 radical (unpaired) electrons. The zero-order valence-corrected chi connectivity index (χ0v) is 11.9.